The largest absolute Gasteiger partial charge is 0.379 e. The molecule has 0 N–H and O–H groups in total. The first-order valence-corrected chi connectivity index (χ1v) is 10.0. The Morgan fingerprint density at radius 3 is 2.31 bits per heavy atom. The molecule has 0 spiro atoms. The first kappa shape index (κ1) is 18.3. The lowest BCUT2D eigenvalue weighted by Gasteiger charge is -2.23. The van der Waals surface area contributed by atoms with Crippen LogP contribution in [-0.4, -0.2) is 38.5 Å². The summed E-state index contributed by atoms with van der Waals surface area (Å²) in [6.07, 6.45) is 0.896. The van der Waals surface area contributed by atoms with Crippen molar-refractivity contribution >= 4 is 21.8 Å². The fourth-order valence-corrected chi connectivity index (χ4v) is 3.80. The molecule has 1 fully saturated rings. The van der Waals surface area contributed by atoms with Crippen molar-refractivity contribution in [1.82, 2.24) is 4.90 Å². The summed E-state index contributed by atoms with van der Waals surface area (Å²) in [6.45, 7) is 5.34. The zero-order chi connectivity index (χ0) is 18.7. The molecule has 0 bridgehead atoms. The predicted octanol–water partition coefficient (Wildman–Crippen LogP) is 3.49. The molecule has 1 unspecified atom stereocenters. The Hall–Kier alpha value is -2.54. The van der Waals surface area contributed by atoms with Gasteiger partial charge in [0.2, 0.25) is 0 Å². The minimum absolute atomic E-state index is 0.0458. The van der Waals surface area contributed by atoms with Gasteiger partial charge in [-0.1, -0.05) is 25.1 Å². The summed E-state index contributed by atoms with van der Waals surface area (Å²) < 4.78 is 29.9. The van der Waals surface area contributed by atoms with Crippen LogP contribution in [0.25, 0.3) is 0 Å². The Morgan fingerprint density at radius 2 is 1.69 bits per heavy atom. The van der Waals surface area contributed by atoms with Crippen molar-refractivity contribution in [2.75, 3.05) is 18.0 Å². The predicted molar refractivity (Wildman–Crippen MR) is 99.9 cm³/mol. The van der Waals surface area contributed by atoms with Crippen molar-refractivity contribution in [3.8, 4) is 5.75 Å². The van der Waals surface area contributed by atoms with Crippen LogP contribution >= 0.6 is 0 Å². The topological polar surface area (TPSA) is 66.9 Å². The van der Waals surface area contributed by atoms with E-state index in [2.05, 4.69) is 0 Å². The third kappa shape index (κ3) is 3.67. The third-order valence-corrected chi connectivity index (χ3v) is 5.81. The van der Waals surface area contributed by atoms with E-state index in [9.17, 15) is 13.2 Å². The summed E-state index contributed by atoms with van der Waals surface area (Å²) in [7, 11) is -3.91. The number of urea groups is 1. The highest BCUT2D eigenvalue weighted by Crippen LogP contribution is 2.25. The first-order valence-electron chi connectivity index (χ1n) is 8.60. The number of para-hydroxylation sites is 1. The Bertz CT molecular complexity index is 866. The van der Waals surface area contributed by atoms with E-state index >= 15 is 0 Å². The molecule has 0 radical (unpaired) electrons. The molecule has 3 rings (SSSR count). The van der Waals surface area contributed by atoms with E-state index in [-0.39, 0.29) is 22.7 Å². The van der Waals surface area contributed by atoms with Gasteiger partial charge in [-0.3, -0.25) is 4.90 Å². The monoisotopic (exact) mass is 374 g/mol. The molecule has 1 atom stereocenters. The van der Waals surface area contributed by atoms with E-state index < -0.39 is 10.1 Å². The van der Waals surface area contributed by atoms with Gasteiger partial charge >= 0.3 is 16.1 Å². The van der Waals surface area contributed by atoms with Gasteiger partial charge in [0, 0.05) is 24.8 Å². The number of hydrogen-bond acceptors (Lipinski definition) is 4. The minimum atomic E-state index is -3.91. The van der Waals surface area contributed by atoms with E-state index in [1.165, 1.54) is 12.1 Å². The molecule has 1 aliphatic heterocycles. The summed E-state index contributed by atoms with van der Waals surface area (Å²) in [4.78, 5) is 16.1. The molecule has 2 aromatic carbocycles. The molecule has 1 aliphatic rings. The number of anilines is 1. The average molecular weight is 374 g/mol. The number of carbonyl (C=O) groups is 1. The van der Waals surface area contributed by atoms with Crippen molar-refractivity contribution < 1.29 is 17.4 Å². The van der Waals surface area contributed by atoms with Crippen LogP contribution in [0.5, 0.6) is 5.75 Å². The summed E-state index contributed by atoms with van der Waals surface area (Å²) >= 11 is 0. The Balaban J connectivity index is 1.76. The molecule has 0 aromatic heterocycles. The van der Waals surface area contributed by atoms with Gasteiger partial charge in [0.1, 0.15) is 10.6 Å². The third-order valence-electron chi connectivity index (χ3n) is 4.55. The van der Waals surface area contributed by atoms with Crippen LogP contribution < -0.4 is 9.08 Å². The molecule has 1 saturated heterocycles. The SMILES string of the molecule is CCC(C)N1CCN(c2ccc(S(=O)(=O)Oc3ccccc3)cc2)C1=O. The maximum Gasteiger partial charge on any atom is 0.339 e. The van der Waals surface area contributed by atoms with E-state index in [4.69, 9.17) is 4.18 Å². The second-order valence-corrected chi connectivity index (χ2v) is 7.78. The highest BCUT2D eigenvalue weighted by molar-refractivity contribution is 7.87. The first-order chi connectivity index (χ1) is 12.4. The fraction of sp³-hybridized carbons (Fsp3) is 0.316. The van der Waals surface area contributed by atoms with E-state index in [1.807, 2.05) is 18.7 Å². The van der Waals surface area contributed by atoms with Crippen LogP contribution in [0.4, 0.5) is 10.5 Å². The molecular weight excluding hydrogens is 352 g/mol. The quantitative estimate of drug-likeness (QED) is 0.726. The van der Waals surface area contributed by atoms with Crippen LogP contribution in [0.3, 0.4) is 0 Å². The van der Waals surface area contributed by atoms with Gasteiger partial charge in [-0.2, -0.15) is 8.42 Å². The Kier molecular flexibility index (Phi) is 5.18. The molecule has 138 valence electrons. The van der Waals surface area contributed by atoms with Gasteiger partial charge in [0.25, 0.3) is 0 Å². The summed E-state index contributed by atoms with van der Waals surface area (Å²) in [6, 6.07) is 14.7. The Labute approximate surface area is 154 Å². The molecule has 7 heteroatoms. The molecule has 2 amide bonds. The fourth-order valence-electron chi connectivity index (χ4n) is 2.87. The van der Waals surface area contributed by atoms with Crippen LogP contribution in [0.1, 0.15) is 20.3 Å². The van der Waals surface area contributed by atoms with Crippen molar-refractivity contribution in [2.24, 2.45) is 0 Å². The minimum Gasteiger partial charge on any atom is -0.379 e. The van der Waals surface area contributed by atoms with E-state index in [1.54, 1.807) is 47.4 Å². The zero-order valence-corrected chi connectivity index (χ0v) is 15.6. The van der Waals surface area contributed by atoms with Crippen molar-refractivity contribution in [3.63, 3.8) is 0 Å². The lowest BCUT2D eigenvalue weighted by atomic mass is 10.2. The van der Waals surface area contributed by atoms with Crippen LogP contribution in [-0.2, 0) is 10.1 Å². The van der Waals surface area contributed by atoms with Crippen LogP contribution in [0.15, 0.2) is 59.5 Å². The lowest BCUT2D eigenvalue weighted by molar-refractivity contribution is 0.203. The molecule has 2 aromatic rings. The zero-order valence-electron chi connectivity index (χ0n) is 14.8. The van der Waals surface area contributed by atoms with Gasteiger partial charge in [-0.15, -0.1) is 0 Å². The van der Waals surface area contributed by atoms with Gasteiger partial charge in [-0.25, -0.2) is 4.79 Å². The summed E-state index contributed by atoms with van der Waals surface area (Å²) in [5, 5.41) is 0. The molecule has 1 heterocycles. The maximum absolute atomic E-state index is 12.5. The number of rotatable bonds is 6. The molecule has 6 nitrogen and oxygen atoms in total. The second kappa shape index (κ2) is 7.37. The van der Waals surface area contributed by atoms with Crippen molar-refractivity contribution in [1.29, 1.82) is 0 Å². The van der Waals surface area contributed by atoms with Crippen molar-refractivity contribution in [2.45, 2.75) is 31.2 Å². The van der Waals surface area contributed by atoms with Gasteiger partial charge in [0.15, 0.2) is 0 Å². The highest BCUT2D eigenvalue weighted by Gasteiger charge is 2.32. The smallest absolute Gasteiger partial charge is 0.339 e. The number of carbonyl (C=O) groups excluding carboxylic acids is 1. The van der Waals surface area contributed by atoms with Crippen LogP contribution in [0.2, 0.25) is 0 Å². The molecule has 26 heavy (non-hydrogen) atoms. The number of benzene rings is 2. The standard InChI is InChI=1S/C19H22N2O4S/c1-3-15(2)20-13-14-21(19(20)22)16-9-11-18(12-10-16)26(23,24)25-17-7-5-4-6-8-17/h4-12,15H,3,13-14H2,1-2H3. The Morgan fingerprint density at radius 1 is 1.04 bits per heavy atom. The second-order valence-electron chi connectivity index (χ2n) is 6.23. The molecule has 0 aliphatic carbocycles. The molecular formula is C19H22N2O4S. The number of amides is 2. The van der Waals surface area contributed by atoms with Crippen molar-refractivity contribution in [3.05, 3.63) is 54.6 Å². The summed E-state index contributed by atoms with van der Waals surface area (Å²) in [5.74, 6) is 0.260. The average Bonchev–Trinajstić information content (AvgIpc) is 3.03. The van der Waals surface area contributed by atoms with E-state index in [0.29, 0.717) is 18.8 Å². The molecule has 0 saturated carbocycles. The number of nitrogens with zero attached hydrogens (tertiary/aromatic N) is 2. The normalized spacial score (nSPS) is 16.0. The van der Waals surface area contributed by atoms with E-state index in [0.717, 1.165) is 6.42 Å². The lowest BCUT2D eigenvalue weighted by Crippen LogP contribution is -2.37. The van der Waals surface area contributed by atoms with Gasteiger partial charge in [0.05, 0.1) is 0 Å². The van der Waals surface area contributed by atoms with Crippen LogP contribution in [0, 0.1) is 0 Å². The number of hydrogen-bond donors (Lipinski definition) is 0. The summed E-state index contributed by atoms with van der Waals surface area (Å²) in [5.41, 5.74) is 0.680. The van der Waals surface area contributed by atoms with Gasteiger partial charge in [-0.05, 0) is 49.7 Å². The maximum atomic E-state index is 12.5. The van der Waals surface area contributed by atoms with Gasteiger partial charge < -0.3 is 9.08 Å². The highest BCUT2D eigenvalue weighted by atomic mass is 32.2.